The van der Waals surface area contributed by atoms with Gasteiger partial charge in [-0.3, -0.25) is 14.7 Å². The normalized spacial score (nSPS) is 18.0. The maximum Gasteiger partial charge on any atom is 0.239 e. The van der Waals surface area contributed by atoms with Gasteiger partial charge < -0.3 is 15.5 Å². The molecule has 1 fully saturated rings. The molecule has 1 aliphatic heterocycles. The molecule has 1 amide bonds. The van der Waals surface area contributed by atoms with Crippen molar-refractivity contribution in [2.45, 2.75) is 31.8 Å². The van der Waals surface area contributed by atoms with Crippen LogP contribution in [0.5, 0.6) is 0 Å². The molecule has 2 N–H and O–H groups in total. The monoisotopic (exact) mass is 379 g/mol. The van der Waals surface area contributed by atoms with Crippen LogP contribution >= 0.6 is 11.6 Å². The Kier molecular flexibility index (Phi) is 8.19. The molecule has 1 aromatic rings. The summed E-state index contributed by atoms with van der Waals surface area (Å²) in [6.07, 6.45) is 3.02. The van der Waals surface area contributed by atoms with Gasteiger partial charge in [0.15, 0.2) is 5.96 Å². The summed E-state index contributed by atoms with van der Waals surface area (Å²) in [5, 5.41) is 7.35. The third kappa shape index (κ3) is 5.88. The minimum Gasteiger partial charge on any atom is -0.356 e. The van der Waals surface area contributed by atoms with Crippen molar-refractivity contribution in [1.82, 2.24) is 20.4 Å². The zero-order valence-electron chi connectivity index (χ0n) is 16.0. The van der Waals surface area contributed by atoms with Gasteiger partial charge in [-0.05, 0) is 37.4 Å². The number of nitrogens with zero attached hydrogens (tertiary/aromatic N) is 3. The van der Waals surface area contributed by atoms with Gasteiger partial charge in [0.1, 0.15) is 0 Å². The molecule has 1 saturated heterocycles. The second kappa shape index (κ2) is 10.4. The Morgan fingerprint density at radius 3 is 2.81 bits per heavy atom. The lowest BCUT2D eigenvalue weighted by Crippen LogP contribution is -2.44. The molecular formula is C19H30ClN5O. The summed E-state index contributed by atoms with van der Waals surface area (Å²) in [6.45, 7) is 3.36. The lowest BCUT2D eigenvalue weighted by molar-refractivity contribution is -0.133. The Balaban J connectivity index is 1.71. The summed E-state index contributed by atoms with van der Waals surface area (Å²) < 4.78 is 0. The SMILES string of the molecule is CN=C(NCCCN1CCCC1C(=O)N(C)C)NCc1ccccc1Cl. The topological polar surface area (TPSA) is 60.0 Å². The Labute approximate surface area is 161 Å². The van der Waals surface area contributed by atoms with Crippen molar-refractivity contribution < 1.29 is 4.79 Å². The van der Waals surface area contributed by atoms with Crippen molar-refractivity contribution in [3.8, 4) is 0 Å². The fourth-order valence-corrected chi connectivity index (χ4v) is 3.40. The van der Waals surface area contributed by atoms with E-state index in [-0.39, 0.29) is 11.9 Å². The first-order valence-electron chi connectivity index (χ1n) is 9.16. The van der Waals surface area contributed by atoms with E-state index in [1.807, 2.05) is 38.4 Å². The van der Waals surface area contributed by atoms with Gasteiger partial charge in [-0.1, -0.05) is 29.8 Å². The summed E-state index contributed by atoms with van der Waals surface area (Å²) in [4.78, 5) is 20.5. The molecule has 26 heavy (non-hydrogen) atoms. The molecule has 0 radical (unpaired) electrons. The number of amides is 1. The number of nitrogens with one attached hydrogen (secondary N) is 2. The summed E-state index contributed by atoms with van der Waals surface area (Å²) in [5.74, 6) is 0.972. The van der Waals surface area contributed by atoms with Crippen LogP contribution in [0.15, 0.2) is 29.3 Å². The molecule has 0 aliphatic carbocycles. The average Bonchev–Trinajstić information content (AvgIpc) is 3.10. The van der Waals surface area contributed by atoms with Gasteiger partial charge in [0.2, 0.25) is 5.91 Å². The number of hydrogen-bond donors (Lipinski definition) is 2. The van der Waals surface area contributed by atoms with Crippen LogP contribution in [0.4, 0.5) is 0 Å². The molecule has 1 heterocycles. The van der Waals surface area contributed by atoms with Gasteiger partial charge in [-0.2, -0.15) is 0 Å². The average molecular weight is 380 g/mol. The van der Waals surface area contributed by atoms with Crippen LogP contribution in [-0.2, 0) is 11.3 Å². The van der Waals surface area contributed by atoms with Gasteiger partial charge in [0.05, 0.1) is 6.04 Å². The van der Waals surface area contributed by atoms with Crippen molar-refractivity contribution in [2.24, 2.45) is 4.99 Å². The highest BCUT2D eigenvalue weighted by Crippen LogP contribution is 2.18. The molecule has 0 bridgehead atoms. The predicted molar refractivity (Wildman–Crippen MR) is 108 cm³/mol. The second-order valence-corrected chi connectivity index (χ2v) is 7.13. The first-order valence-corrected chi connectivity index (χ1v) is 9.54. The zero-order valence-corrected chi connectivity index (χ0v) is 16.7. The highest BCUT2D eigenvalue weighted by Gasteiger charge is 2.30. The van der Waals surface area contributed by atoms with Crippen molar-refractivity contribution in [3.05, 3.63) is 34.9 Å². The number of carbonyl (C=O) groups is 1. The van der Waals surface area contributed by atoms with E-state index < -0.39 is 0 Å². The minimum absolute atomic E-state index is 0.0441. The van der Waals surface area contributed by atoms with E-state index in [0.29, 0.717) is 6.54 Å². The van der Waals surface area contributed by atoms with Crippen molar-refractivity contribution in [1.29, 1.82) is 0 Å². The lowest BCUT2D eigenvalue weighted by Gasteiger charge is -2.26. The number of likely N-dealkylation sites (tertiary alicyclic amines) is 1. The zero-order chi connectivity index (χ0) is 18.9. The number of guanidine groups is 1. The van der Waals surface area contributed by atoms with E-state index in [2.05, 4.69) is 20.5 Å². The summed E-state index contributed by atoms with van der Waals surface area (Å²) in [6, 6.07) is 7.82. The van der Waals surface area contributed by atoms with Crippen LogP contribution in [0.1, 0.15) is 24.8 Å². The Bertz CT molecular complexity index is 620. The van der Waals surface area contributed by atoms with Crippen molar-refractivity contribution >= 4 is 23.5 Å². The standard InChI is InChI=1S/C19H30ClN5O/c1-21-19(23-14-15-8-4-5-9-16(15)20)22-11-7-13-25-12-6-10-17(25)18(26)24(2)3/h4-5,8-9,17H,6-7,10-14H2,1-3H3,(H2,21,22,23). The van der Waals surface area contributed by atoms with Crippen LogP contribution in [0.25, 0.3) is 0 Å². The fraction of sp³-hybridized carbons (Fsp3) is 0.579. The Hall–Kier alpha value is -1.79. The van der Waals surface area contributed by atoms with Crippen LogP contribution in [0.3, 0.4) is 0 Å². The number of likely N-dealkylation sites (N-methyl/N-ethyl adjacent to an activating group) is 1. The van der Waals surface area contributed by atoms with E-state index in [0.717, 1.165) is 55.4 Å². The molecule has 6 nitrogen and oxygen atoms in total. The second-order valence-electron chi connectivity index (χ2n) is 6.72. The van der Waals surface area contributed by atoms with Crippen molar-refractivity contribution in [2.75, 3.05) is 40.8 Å². The number of benzene rings is 1. The van der Waals surface area contributed by atoms with Gasteiger partial charge in [0.25, 0.3) is 0 Å². The molecule has 2 rings (SSSR count). The van der Waals surface area contributed by atoms with E-state index in [9.17, 15) is 4.79 Å². The number of halogens is 1. The highest BCUT2D eigenvalue weighted by molar-refractivity contribution is 6.31. The third-order valence-electron chi connectivity index (χ3n) is 4.63. The van der Waals surface area contributed by atoms with E-state index in [1.165, 1.54) is 0 Å². The van der Waals surface area contributed by atoms with Gasteiger partial charge in [-0.15, -0.1) is 0 Å². The highest BCUT2D eigenvalue weighted by atomic mass is 35.5. The van der Waals surface area contributed by atoms with Gasteiger partial charge >= 0.3 is 0 Å². The van der Waals surface area contributed by atoms with E-state index in [4.69, 9.17) is 11.6 Å². The molecule has 0 saturated carbocycles. The molecule has 7 heteroatoms. The molecule has 1 unspecified atom stereocenters. The molecular weight excluding hydrogens is 350 g/mol. The predicted octanol–water partition coefficient (Wildman–Crippen LogP) is 1.95. The minimum atomic E-state index is 0.0441. The van der Waals surface area contributed by atoms with Gasteiger partial charge in [0, 0.05) is 45.8 Å². The number of hydrogen-bond acceptors (Lipinski definition) is 3. The number of rotatable bonds is 7. The third-order valence-corrected chi connectivity index (χ3v) is 5.00. The maximum atomic E-state index is 12.2. The van der Waals surface area contributed by atoms with Crippen LogP contribution in [-0.4, -0.2) is 68.5 Å². The summed E-state index contributed by atoms with van der Waals surface area (Å²) >= 11 is 6.17. The smallest absolute Gasteiger partial charge is 0.239 e. The van der Waals surface area contributed by atoms with Crippen LogP contribution < -0.4 is 10.6 Å². The Morgan fingerprint density at radius 2 is 2.12 bits per heavy atom. The molecule has 1 aromatic carbocycles. The summed E-state index contributed by atoms with van der Waals surface area (Å²) in [7, 11) is 5.41. The fourth-order valence-electron chi connectivity index (χ4n) is 3.20. The molecule has 1 atom stereocenters. The molecule has 0 spiro atoms. The molecule has 0 aromatic heterocycles. The first kappa shape index (κ1) is 20.5. The number of aliphatic imine (C=N–C) groups is 1. The van der Waals surface area contributed by atoms with Crippen LogP contribution in [0, 0.1) is 0 Å². The van der Waals surface area contributed by atoms with Crippen molar-refractivity contribution in [3.63, 3.8) is 0 Å². The van der Waals surface area contributed by atoms with Gasteiger partial charge in [-0.25, -0.2) is 0 Å². The molecule has 1 aliphatic rings. The Morgan fingerprint density at radius 1 is 1.35 bits per heavy atom. The van der Waals surface area contributed by atoms with Crippen LogP contribution in [0.2, 0.25) is 5.02 Å². The molecule has 144 valence electrons. The number of carbonyl (C=O) groups excluding carboxylic acids is 1. The van der Waals surface area contributed by atoms with E-state index in [1.54, 1.807) is 11.9 Å². The summed E-state index contributed by atoms with van der Waals surface area (Å²) in [5.41, 5.74) is 1.04. The first-order chi connectivity index (χ1) is 12.5. The lowest BCUT2D eigenvalue weighted by atomic mass is 10.2. The largest absolute Gasteiger partial charge is 0.356 e. The maximum absolute atomic E-state index is 12.2. The quantitative estimate of drug-likeness (QED) is 0.432. The van der Waals surface area contributed by atoms with E-state index >= 15 is 0 Å².